The molecule has 1 atom stereocenters. The van der Waals surface area contributed by atoms with Crippen LogP contribution in [0, 0.1) is 6.92 Å². The first-order valence-electron chi connectivity index (χ1n) is 6.96. The Labute approximate surface area is 120 Å². The number of nitrogens with one attached hydrogen (secondary N) is 1. The highest BCUT2D eigenvalue weighted by Gasteiger charge is 2.10. The molecule has 1 unspecified atom stereocenters. The zero-order chi connectivity index (χ0) is 14.5. The van der Waals surface area contributed by atoms with Crippen LogP contribution in [0.25, 0.3) is 0 Å². The molecule has 0 amide bonds. The molecule has 1 heterocycles. The largest absolute Gasteiger partial charge is 0.497 e. The minimum Gasteiger partial charge on any atom is -0.497 e. The summed E-state index contributed by atoms with van der Waals surface area (Å²) in [5, 5.41) is 7.93. The van der Waals surface area contributed by atoms with Gasteiger partial charge in [-0.2, -0.15) is 5.10 Å². The van der Waals surface area contributed by atoms with Crippen LogP contribution in [0.5, 0.6) is 5.75 Å². The molecule has 0 radical (unpaired) electrons. The number of benzene rings is 1. The topological polar surface area (TPSA) is 39.1 Å². The van der Waals surface area contributed by atoms with Crippen molar-refractivity contribution in [2.45, 2.75) is 26.3 Å². The van der Waals surface area contributed by atoms with Crippen LogP contribution in [0.2, 0.25) is 0 Å². The van der Waals surface area contributed by atoms with Crippen molar-refractivity contribution in [2.75, 3.05) is 13.7 Å². The van der Waals surface area contributed by atoms with E-state index in [4.69, 9.17) is 4.74 Å². The first kappa shape index (κ1) is 14.6. The summed E-state index contributed by atoms with van der Waals surface area (Å²) >= 11 is 0. The summed E-state index contributed by atoms with van der Waals surface area (Å²) in [4.78, 5) is 0. The third-order valence-corrected chi connectivity index (χ3v) is 3.54. The summed E-state index contributed by atoms with van der Waals surface area (Å²) < 4.78 is 7.03. The third kappa shape index (κ3) is 3.61. The van der Waals surface area contributed by atoms with E-state index in [2.05, 4.69) is 42.6 Å². The Balaban J connectivity index is 1.84. The normalized spacial score (nSPS) is 12.4. The Morgan fingerprint density at radius 2 is 2.00 bits per heavy atom. The van der Waals surface area contributed by atoms with Gasteiger partial charge in [-0.15, -0.1) is 0 Å². The van der Waals surface area contributed by atoms with Gasteiger partial charge in [0.2, 0.25) is 0 Å². The molecular formula is C16H23N3O. The number of hydrogen-bond donors (Lipinski definition) is 1. The highest BCUT2D eigenvalue weighted by Crippen LogP contribution is 2.16. The molecule has 2 rings (SSSR count). The molecule has 0 spiro atoms. The van der Waals surface area contributed by atoms with Gasteiger partial charge in [-0.25, -0.2) is 0 Å². The lowest BCUT2D eigenvalue weighted by Gasteiger charge is -2.13. The maximum Gasteiger partial charge on any atom is 0.118 e. The average molecular weight is 273 g/mol. The van der Waals surface area contributed by atoms with E-state index < -0.39 is 0 Å². The zero-order valence-corrected chi connectivity index (χ0v) is 12.7. The van der Waals surface area contributed by atoms with E-state index in [9.17, 15) is 0 Å². The molecule has 0 aliphatic carbocycles. The standard InChI is InChI=1S/C16H23N3O/c1-12(16-11-19(3)18-13(16)2)17-10-9-14-5-7-15(20-4)8-6-14/h5-8,11-12,17H,9-10H2,1-4H3. The molecule has 4 nitrogen and oxygen atoms in total. The van der Waals surface area contributed by atoms with Crippen molar-refractivity contribution in [3.05, 3.63) is 47.3 Å². The molecule has 1 aromatic carbocycles. The van der Waals surface area contributed by atoms with Gasteiger partial charge in [-0.05, 0) is 44.5 Å². The molecule has 108 valence electrons. The Hall–Kier alpha value is -1.81. The van der Waals surface area contributed by atoms with Gasteiger partial charge in [0.1, 0.15) is 5.75 Å². The van der Waals surface area contributed by atoms with Gasteiger partial charge >= 0.3 is 0 Å². The van der Waals surface area contributed by atoms with Crippen molar-refractivity contribution < 1.29 is 4.74 Å². The molecule has 0 aliphatic rings. The summed E-state index contributed by atoms with van der Waals surface area (Å²) in [5.74, 6) is 0.904. The van der Waals surface area contributed by atoms with Crippen LogP contribution in [0.3, 0.4) is 0 Å². The zero-order valence-electron chi connectivity index (χ0n) is 12.7. The molecule has 0 saturated heterocycles. The molecule has 4 heteroatoms. The number of methoxy groups -OCH3 is 1. The predicted molar refractivity (Wildman–Crippen MR) is 81.1 cm³/mol. The fourth-order valence-corrected chi connectivity index (χ4v) is 2.38. The number of nitrogens with zero attached hydrogens (tertiary/aromatic N) is 2. The first-order chi connectivity index (χ1) is 9.60. The molecule has 0 saturated carbocycles. The van der Waals surface area contributed by atoms with Crippen LogP contribution in [-0.4, -0.2) is 23.4 Å². The predicted octanol–water partition coefficient (Wildman–Crippen LogP) is 2.63. The Morgan fingerprint density at radius 1 is 1.30 bits per heavy atom. The first-order valence-corrected chi connectivity index (χ1v) is 6.96. The molecule has 20 heavy (non-hydrogen) atoms. The van der Waals surface area contributed by atoms with Crippen molar-refractivity contribution in [1.82, 2.24) is 15.1 Å². The van der Waals surface area contributed by atoms with Gasteiger partial charge in [0, 0.05) is 24.8 Å². The van der Waals surface area contributed by atoms with E-state index in [1.807, 2.05) is 23.9 Å². The van der Waals surface area contributed by atoms with E-state index in [1.54, 1.807) is 7.11 Å². The lowest BCUT2D eigenvalue weighted by molar-refractivity contribution is 0.414. The van der Waals surface area contributed by atoms with E-state index in [0.717, 1.165) is 24.4 Å². The van der Waals surface area contributed by atoms with Crippen molar-refractivity contribution in [1.29, 1.82) is 0 Å². The van der Waals surface area contributed by atoms with Gasteiger partial charge in [0.25, 0.3) is 0 Å². The van der Waals surface area contributed by atoms with E-state index in [1.165, 1.54) is 11.1 Å². The maximum atomic E-state index is 5.16. The second kappa shape index (κ2) is 6.57. The van der Waals surface area contributed by atoms with E-state index >= 15 is 0 Å². The summed E-state index contributed by atoms with van der Waals surface area (Å²) in [7, 11) is 3.65. The SMILES string of the molecule is COc1ccc(CCNC(C)c2cn(C)nc2C)cc1. The molecular weight excluding hydrogens is 250 g/mol. The number of aromatic nitrogens is 2. The minimum atomic E-state index is 0.321. The van der Waals surface area contributed by atoms with Crippen molar-refractivity contribution in [2.24, 2.45) is 7.05 Å². The highest BCUT2D eigenvalue weighted by molar-refractivity contribution is 5.27. The maximum absolute atomic E-state index is 5.16. The molecule has 2 aromatic rings. The molecule has 1 aromatic heterocycles. The second-order valence-corrected chi connectivity index (χ2v) is 5.12. The van der Waals surface area contributed by atoms with Gasteiger partial charge in [-0.1, -0.05) is 12.1 Å². The monoisotopic (exact) mass is 273 g/mol. The van der Waals surface area contributed by atoms with Gasteiger partial charge < -0.3 is 10.1 Å². The van der Waals surface area contributed by atoms with Crippen LogP contribution < -0.4 is 10.1 Å². The molecule has 1 N–H and O–H groups in total. The fourth-order valence-electron chi connectivity index (χ4n) is 2.38. The number of hydrogen-bond acceptors (Lipinski definition) is 3. The second-order valence-electron chi connectivity index (χ2n) is 5.12. The lowest BCUT2D eigenvalue weighted by Crippen LogP contribution is -2.21. The van der Waals surface area contributed by atoms with E-state index in [-0.39, 0.29) is 0 Å². The van der Waals surface area contributed by atoms with Crippen molar-refractivity contribution >= 4 is 0 Å². The van der Waals surface area contributed by atoms with Crippen molar-refractivity contribution in [3.8, 4) is 5.75 Å². The van der Waals surface area contributed by atoms with Crippen molar-refractivity contribution in [3.63, 3.8) is 0 Å². The summed E-state index contributed by atoms with van der Waals surface area (Å²) in [5.41, 5.74) is 3.67. The third-order valence-electron chi connectivity index (χ3n) is 3.54. The Morgan fingerprint density at radius 3 is 2.55 bits per heavy atom. The van der Waals surface area contributed by atoms with Crippen LogP contribution in [0.4, 0.5) is 0 Å². The van der Waals surface area contributed by atoms with Gasteiger partial charge in [0.05, 0.1) is 12.8 Å². The number of rotatable bonds is 6. The lowest BCUT2D eigenvalue weighted by atomic mass is 10.1. The van der Waals surface area contributed by atoms with Crippen LogP contribution >= 0.6 is 0 Å². The molecule has 0 aliphatic heterocycles. The highest BCUT2D eigenvalue weighted by atomic mass is 16.5. The van der Waals surface area contributed by atoms with Gasteiger partial charge in [0.15, 0.2) is 0 Å². The molecule has 0 bridgehead atoms. The quantitative estimate of drug-likeness (QED) is 0.879. The summed E-state index contributed by atoms with van der Waals surface area (Å²) in [6.07, 6.45) is 3.09. The number of ether oxygens (including phenoxy) is 1. The number of aryl methyl sites for hydroxylation is 2. The minimum absolute atomic E-state index is 0.321. The summed E-state index contributed by atoms with van der Waals surface area (Å²) in [6.45, 7) is 5.18. The molecule has 0 fully saturated rings. The Kier molecular flexibility index (Phi) is 4.79. The smallest absolute Gasteiger partial charge is 0.118 e. The van der Waals surface area contributed by atoms with E-state index in [0.29, 0.717) is 6.04 Å². The summed E-state index contributed by atoms with van der Waals surface area (Å²) in [6, 6.07) is 8.55. The van der Waals surface area contributed by atoms with Crippen LogP contribution in [0.1, 0.15) is 29.8 Å². The van der Waals surface area contributed by atoms with Crippen LogP contribution in [0.15, 0.2) is 30.5 Å². The average Bonchev–Trinajstić information content (AvgIpc) is 2.78. The Bertz CT molecular complexity index is 545. The fraction of sp³-hybridized carbons (Fsp3) is 0.438. The van der Waals surface area contributed by atoms with Gasteiger partial charge in [-0.3, -0.25) is 4.68 Å². The van der Waals surface area contributed by atoms with Crippen LogP contribution in [-0.2, 0) is 13.5 Å².